The Balaban J connectivity index is 1.63. The maximum absolute atomic E-state index is 12.2. The molecule has 0 unspecified atom stereocenters. The molecule has 1 aliphatic rings. The van der Waals surface area contributed by atoms with Crippen LogP contribution in [0.2, 0.25) is 5.02 Å². The molecule has 1 aliphatic heterocycles. The zero-order chi connectivity index (χ0) is 14.8. The van der Waals surface area contributed by atoms with Gasteiger partial charge in [-0.2, -0.15) is 5.10 Å². The fourth-order valence-electron chi connectivity index (χ4n) is 2.25. The van der Waals surface area contributed by atoms with Crippen molar-refractivity contribution in [2.24, 2.45) is 0 Å². The van der Waals surface area contributed by atoms with E-state index in [1.165, 1.54) is 16.6 Å². The second-order valence-corrected chi connectivity index (χ2v) is 6.09. The van der Waals surface area contributed by atoms with E-state index >= 15 is 0 Å². The summed E-state index contributed by atoms with van der Waals surface area (Å²) in [6.45, 7) is 1.44. The van der Waals surface area contributed by atoms with E-state index in [0.29, 0.717) is 12.2 Å². The number of hydrogen-bond donors (Lipinski definition) is 2. The van der Waals surface area contributed by atoms with Gasteiger partial charge in [-0.3, -0.25) is 9.59 Å². The highest BCUT2D eigenvalue weighted by atomic mass is 35.5. The topological polar surface area (TPSA) is 78.1 Å². The standard InChI is InChI=1S/C13H13ClN4O2S/c14-12-9(5-16-17-13(12)20)15-6-11(19)18-3-1-10-8(7-18)2-4-21-10/h2,4-5H,1,3,6-7H2,(H2,15,17,20). The number of hydrogen-bond acceptors (Lipinski definition) is 5. The summed E-state index contributed by atoms with van der Waals surface area (Å²) < 4.78 is 0. The first-order chi connectivity index (χ1) is 10.1. The first-order valence-electron chi connectivity index (χ1n) is 6.45. The Morgan fingerprint density at radius 3 is 3.29 bits per heavy atom. The van der Waals surface area contributed by atoms with Gasteiger partial charge in [0, 0.05) is 18.0 Å². The van der Waals surface area contributed by atoms with Gasteiger partial charge in [0.1, 0.15) is 5.02 Å². The predicted molar refractivity (Wildman–Crippen MR) is 81.8 cm³/mol. The summed E-state index contributed by atoms with van der Waals surface area (Å²) in [6.07, 6.45) is 2.29. The molecule has 0 aromatic carbocycles. The number of nitrogens with zero attached hydrogens (tertiary/aromatic N) is 2. The normalized spacial score (nSPS) is 13.9. The van der Waals surface area contributed by atoms with E-state index in [0.717, 1.165) is 13.0 Å². The molecule has 6 nitrogen and oxygen atoms in total. The molecule has 2 N–H and O–H groups in total. The number of H-pyrrole nitrogens is 1. The lowest BCUT2D eigenvalue weighted by molar-refractivity contribution is -0.130. The molecule has 3 rings (SSSR count). The first-order valence-corrected chi connectivity index (χ1v) is 7.71. The van der Waals surface area contributed by atoms with Crippen LogP contribution in [0.5, 0.6) is 0 Å². The molecule has 2 aromatic heterocycles. The lowest BCUT2D eigenvalue weighted by atomic mass is 10.1. The van der Waals surface area contributed by atoms with E-state index in [1.807, 2.05) is 0 Å². The number of rotatable bonds is 3. The maximum Gasteiger partial charge on any atom is 0.285 e. The lowest BCUT2D eigenvalue weighted by Gasteiger charge is -2.27. The van der Waals surface area contributed by atoms with Crippen LogP contribution in [0, 0.1) is 0 Å². The van der Waals surface area contributed by atoms with E-state index in [9.17, 15) is 9.59 Å². The maximum atomic E-state index is 12.2. The quantitative estimate of drug-likeness (QED) is 0.896. The van der Waals surface area contributed by atoms with Crippen LogP contribution >= 0.6 is 22.9 Å². The molecular formula is C13H13ClN4O2S. The van der Waals surface area contributed by atoms with Crippen molar-refractivity contribution in [1.82, 2.24) is 15.1 Å². The number of aromatic nitrogens is 2. The molecule has 0 atom stereocenters. The average Bonchev–Trinajstić information content (AvgIpc) is 2.96. The van der Waals surface area contributed by atoms with Gasteiger partial charge in [-0.15, -0.1) is 11.3 Å². The molecule has 2 aromatic rings. The Bertz CT molecular complexity index is 727. The Hall–Kier alpha value is -1.86. The van der Waals surface area contributed by atoms with Gasteiger partial charge in [-0.05, 0) is 23.4 Å². The second-order valence-electron chi connectivity index (χ2n) is 4.71. The molecule has 0 aliphatic carbocycles. The fourth-order valence-corrected chi connectivity index (χ4v) is 3.30. The van der Waals surface area contributed by atoms with Gasteiger partial charge in [0.2, 0.25) is 5.91 Å². The molecule has 0 saturated carbocycles. The van der Waals surface area contributed by atoms with E-state index in [4.69, 9.17) is 11.6 Å². The summed E-state index contributed by atoms with van der Waals surface area (Å²) in [4.78, 5) is 26.7. The average molecular weight is 325 g/mol. The molecule has 110 valence electrons. The van der Waals surface area contributed by atoms with Crippen molar-refractivity contribution in [2.45, 2.75) is 13.0 Å². The third-order valence-electron chi connectivity index (χ3n) is 3.39. The summed E-state index contributed by atoms with van der Waals surface area (Å²) in [5.41, 5.74) is 1.10. The largest absolute Gasteiger partial charge is 0.373 e. The summed E-state index contributed by atoms with van der Waals surface area (Å²) in [5.74, 6) is -0.0248. The number of fused-ring (bicyclic) bond motifs is 1. The van der Waals surface area contributed by atoms with Gasteiger partial charge < -0.3 is 10.2 Å². The molecule has 3 heterocycles. The van der Waals surface area contributed by atoms with Crippen molar-refractivity contribution in [1.29, 1.82) is 0 Å². The molecule has 0 spiro atoms. The van der Waals surface area contributed by atoms with Crippen LogP contribution in [0.3, 0.4) is 0 Å². The lowest BCUT2D eigenvalue weighted by Crippen LogP contribution is -2.38. The fraction of sp³-hybridized carbons (Fsp3) is 0.308. The van der Waals surface area contributed by atoms with Gasteiger partial charge >= 0.3 is 0 Å². The third-order valence-corrected chi connectivity index (χ3v) is 4.78. The van der Waals surface area contributed by atoms with Crippen molar-refractivity contribution in [3.8, 4) is 0 Å². The Morgan fingerprint density at radius 2 is 2.43 bits per heavy atom. The van der Waals surface area contributed by atoms with Crippen LogP contribution in [-0.2, 0) is 17.8 Å². The number of halogens is 1. The van der Waals surface area contributed by atoms with Gasteiger partial charge in [0.15, 0.2) is 0 Å². The van der Waals surface area contributed by atoms with Crippen molar-refractivity contribution in [2.75, 3.05) is 18.4 Å². The number of carbonyl (C=O) groups is 1. The number of aromatic amines is 1. The number of amides is 1. The van der Waals surface area contributed by atoms with Crippen LogP contribution in [0.4, 0.5) is 5.69 Å². The smallest absolute Gasteiger partial charge is 0.285 e. The molecule has 0 radical (unpaired) electrons. The highest BCUT2D eigenvalue weighted by molar-refractivity contribution is 7.10. The predicted octanol–water partition coefficient (Wildman–Crippen LogP) is 1.48. The molecule has 1 amide bonds. The SMILES string of the molecule is O=C(CNc1cn[nH]c(=O)c1Cl)N1CCc2sccc2C1. The molecule has 0 bridgehead atoms. The minimum atomic E-state index is -0.477. The Labute approximate surface area is 129 Å². The Morgan fingerprint density at radius 1 is 1.57 bits per heavy atom. The summed E-state index contributed by atoms with van der Waals surface area (Å²) in [6, 6.07) is 2.06. The molecule has 0 fully saturated rings. The van der Waals surface area contributed by atoms with E-state index in [2.05, 4.69) is 27.0 Å². The van der Waals surface area contributed by atoms with Gasteiger partial charge in [-0.25, -0.2) is 5.10 Å². The number of carbonyl (C=O) groups excluding carboxylic acids is 1. The van der Waals surface area contributed by atoms with Gasteiger partial charge in [0.05, 0.1) is 18.4 Å². The van der Waals surface area contributed by atoms with E-state index in [-0.39, 0.29) is 17.5 Å². The van der Waals surface area contributed by atoms with Crippen LogP contribution in [0.15, 0.2) is 22.4 Å². The van der Waals surface area contributed by atoms with Crippen molar-refractivity contribution >= 4 is 34.5 Å². The van der Waals surface area contributed by atoms with E-state index in [1.54, 1.807) is 16.2 Å². The third kappa shape index (κ3) is 2.93. The van der Waals surface area contributed by atoms with Gasteiger partial charge in [0.25, 0.3) is 5.56 Å². The highest BCUT2D eigenvalue weighted by Crippen LogP contribution is 2.24. The van der Waals surface area contributed by atoms with E-state index < -0.39 is 5.56 Å². The van der Waals surface area contributed by atoms with Crippen LogP contribution in [0.1, 0.15) is 10.4 Å². The second kappa shape index (κ2) is 5.87. The molecule has 8 heteroatoms. The zero-order valence-corrected chi connectivity index (χ0v) is 12.6. The Kier molecular flexibility index (Phi) is 3.94. The summed E-state index contributed by atoms with van der Waals surface area (Å²) in [7, 11) is 0. The van der Waals surface area contributed by atoms with Crippen LogP contribution < -0.4 is 10.9 Å². The molecule has 21 heavy (non-hydrogen) atoms. The molecule has 0 saturated heterocycles. The van der Waals surface area contributed by atoms with Crippen LogP contribution in [0.25, 0.3) is 0 Å². The minimum absolute atomic E-state index is 0.0107. The zero-order valence-electron chi connectivity index (χ0n) is 11.1. The first kappa shape index (κ1) is 14.1. The number of anilines is 1. The number of thiophene rings is 1. The van der Waals surface area contributed by atoms with Crippen molar-refractivity contribution in [3.05, 3.63) is 43.5 Å². The molecular weight excluding hydrogens is 312 g/mol. The summed E-state index contributed by atoms with van der Waals surface area (Å²) >= 11 is 7.58. The van der Waals surface area contributed by atoms with Crippen molar-refractivity contribution in [3.63, 3.8) is 0 Å². The van der Waals surface area contributed by atoms with Gasteiger partial charge in [-0.1, -0.05) is 11.6 Å². The highest BCUT2D eigenvalue weighted by Gasteiger charge is 2.21. The van der Waals surface area contributed by atoms with Crippen molar-refractivity contribution < 1.29 is 4.79 Å². The minimum Gasteiger partial charge on any atom is -0.373 e. The number of nitrogens with one attached hydrogen (secondary N) is 2. The van der Waals surface area contributed by atoms with Crippen LogP contribution in [-0.4, -0.2) is 34.1 Å². The summed E-state index contributed by atoms with van der Waals surface area (Å²) in [5, 5.41) is 10.8. The monoisotopic (exact) mass is 324 g/mol.